The number of aryl methyl sites for hydroxylation is 1. The van der Waals surface area contributed by atoms with Crippen LogP contribution in [0, 0.1) is 5.92 Å². The van der Waals surface area contributed by atoms with Crippen LogP contribution in [0.1, 0.15) is 69.7 Å². The van der Waals surface area contributed by atoms with Crippen molar-refractivity contribution in [1.29, 1.82) is 0 Å². The summed E-state index contributed by atoms with van der Waals surface area (Å²) in [5.41, 5.74) is 0. The van der Waals surface area contributed by atoms with Gasteiger partial charge in [0.2, 0.25) is 5.91 Å². The van der Waals surface area contributed by atoms with Gasteiger partial charge in [-0.05, 0) is 44.9 Å². The molecule has 2 heterocycles. The minimum absolute atomic E-state index is 0.315. The predicted molar refractivity (Wildman–Crippen MR) is 83.3 cm³/mol. The lowest BCUT2D eigenvalue weighted by Gasteiger charge is -2.27. The molecule has 0 bridgehead atoms. The van der Waals surface area contributed by atoms with Crippen molar-refractivity contribution in [3.63, 3.8) is 0 Å². The van der Waals surface area contributed by atoms with E-state index in [0.717, 1.165) is 44.5 Å². The van der Waals surface area contributed by atoms with Crippen LogP contribution >= 0.6 is 0 Å². The number of aromatic nitrogens is 3. The third-order valence-electron chi connectivity index (χ3n) is 5.65. The zero-order chi connectivity index (χ0) is 14.9. The maximum Gasteiger partial charge on any atom is 0.225 e. The van der Waals surface area contributed by atoms with Gasteiger partial charge in [0, 0.05) is 31.0 Å². The van der Waals surface area contributed by atoms with Crippen LogP contribution in [0.3, 0.4) is 0 Å². The number of carbonyl (C=O) groups is 1. The molecule has 5 nitrogen and oxygen atoms in total. The summed E-state index contributed by atoms with van der Waals surface area (Å²) >= 11 is 0. The molecule has 5 heteroatoms. The molecule has 0 spiro atoms. The summed E-state index contributed by atoms with van der Waals surface area (Å²) in [5.74, 6) is 1.86. The molecule has 1 aliphatic heterocycles. The highest BCUT2D eigenvalue weighted by Crippen LogP contribution is 2.36. The number of amides is 1. The Balaban J connectivity index is 1.36. The van der Waals surface area contributed by atoms with Crippen LogP contribution < -0.4 is 0 Å². The number of hydrogen-bond donors (Lipinski definition) is 0. The Morgan fingerprint density at radius 3 is 2.73 bits per heavy atom. The van der Waals surface area contributed by atoms with E-state index in [1.807, 2.05) is 6.33 Å². The van der Waals surface area contributed by atoms with Crippen LogP contribution in [0.5, 0.6) is 0 Å². The first-order valence-electron chi connectivity index (χ1n) is 9.02. The standard InChI is InChI=1S/C17H26N4O/c22-17(13-4-1-2-5-13)20-11-3-6-14(20)9-10-16-19-18-12-21(16)15-7-8-15/h12-15H,1-11H2. The van der Waals surface area contributed by atoms with Gasteiger partial charge >= 0.3 is 0 Å². The van der Waals surface area contributed by atoms with Crippen molar-refractivity contribution in [2.75, 3.05) is 6.54 Å². The summed E-state index contributed by atoms with van der Waals surface area (Å²) < 4.78 is 2.25. The number of rotatable bonds is 5. The quantitative estimate of drug-likeness (QED) is 0.840. The molecule has 2 saturated carbocycles. The molecule has 1 unspecified atom stereocenters. The van der Waals surface area contributed by atoms with Gasteiger partial charge in [0.05, 0.1) is 0 Å². The minimum atomic E-state index is 0.315. The zero-order valence-corrected chi connectivity index (χ0v) is 13.3. The molecule has 0 N–H and O–H groups in total. The molecule has 22 heavy (non-hydrogen) atoms. The van der Waals surface area contributed by atoms with E-state index in [-0.39, 0.29) is 0 Å². The fourth-order valence-corrected chi connectivity index (χ4v) is 4.23. The molecule has 1 saturated heterocycles. The van der Waals surface area contributed by atoms with Crippen LogP contribution in [-0.4, -0.2) is 38.2 Å². The maximum atomic E-state index is 12.7. The first-order chi connectivity index (χ1) is 10.8. The van der Waals surface area contributed by atoms with Gasteiger partial charge in [-0.15, -0.1) is 10.2 Å². The highest BCUT2D eigenvalue weighted by Gasteiger charge is 2.34. The lowest BCUT2D eigenvalue weighted by atomic mass is 10.0. The van der Waals surface area contributed by atoms with Crippen molar-refractivity contribution in [2.24, 2.45) is 5.92 Å². The molecule has 2 aliphatic carbocycles. The van der Waals surface area contributed by atoms with E-state index in [0.29, 0.717) is 23.9 Å². The van der Waals surface area contributed by atoms with Gasteiger partial charge in [0.1, 0.15) is 12.2 Å². The average molecular weight is 302 g/mol. The third kappa shape index (κ3) is 2.77. The van der Waals surface area contributed by atoms with E-state index in [2.05, 4.69) is 19.7 Å². The van der Waals surface area contributed by atoms with Crippen molar-refractivity contribution >= 4 is 5.91 Å². The number of likely N-dealkylation sites (tertiary alicyclic amines) is 1. The van der Waals surface area contributed by atoms with E-state index < -0.39 is 0 Å². The van der Waals surface area contributed by atoms with Gasteiger partial charge in [0.15, 0.2) is 0 Å². The summed E-state index contributed by atoms with van der Waals surface area (Å²) in [5, 5.41) is 8.37. The van der Waals surface area contributed by atoms with E-state index >= 15 is 0 Å². The van der Waals surface area contributed by atoms with E-state index in [1.165, 1.54) is 32.1 Å². The van der Waals surface area contributed by atoms with Crippen molar-refractivity contribution < 1.29 is 4.79 Å². The van der Waals surface area contributed by atoms with Crippen molar-refractivity contribution in [3.8, 4) is 0 Å². The fraction of sp³-hybridized carbons (Fsp3) is 0.824. The molecule has 1 atom stereocenters. The monoisotopic (exact) mass is 302 g/mol. The SMILES string of the molecule is O=C(C1CCCC1)N1CCCC1CCc1nncn1C1CC1. The van der Waals surface area contributed by atoms with Gasteiger partial charge in [0.25, 0.3) is 0 Å². The summed E-state index contributed by atoms with van der Waals surface area (Å²) in [6.45, 7) is 0.968. The number of carbonyl (C=O) groups excluding carboxylic acids is 1. The molecular weight excluding hydrogens is 276 g/mol. The second kappa shape index (κ2) is 6.01. The Morgan fingerprint density at radius 2 is 1.95 bits per heavy atom. The highest BCUT2D eigenvalue weighted by molar-refractivity contribution is 5.79. The minimum Gasteiger partial charge on any atom is -0.339 e. The summed E-state index contributed by atoms with van der Waals surface area (Å²) in [7, 11) is 0. The molecule has 1 amide bonds. The fourth-order valence-electron chi connectivity index (χ4n) is 4.23. The molecule has 0 radical (unpaired) electrons. The molecule has 1 aromatic heterocycles. The highest BCUT2D eigenvalue weighted by atomic mass is 16.2. The molecule has 3 aliphatic rings. The molecular formula is C17H26N4O. The van der Waals surface area contributed by atoms with Crippen molar-refractivity contribution in [3.05, 3.63) is 12.2 Å². The van der Waals surface area contributed by atoms with Gasteiger partial charge < -0.3 is 9.47 Å². The second-order valence-electron chi connectivity index (χ2n) is 7.23. The summed E-state index contributed by atoms with van der Waals surface area (Å²) in [4.78, 5) is 14.9. The predicted octanol–water partition coefficient (Wildman–Crippen LogP) is 2.73. The zero-order valence-electron chi connectivity index (χ0n) is 13.3. The van der Waals surface area contributed by atoms with Gasteiger partial charge in [-0.1, -0.05) is 12.8 Å². The topological polar surface area (TPSA) is 51.0 Å². The van der Waals surface area contributed by atoms with Gasteiger partial charge in [-0.3, -0.25) is 4.79 Å². The second-order valence-corrected chi connectivity index (χ2v) is 7.23. The Bertz CT molecular complexity index is 531. The lowest BCUT2D eigenvalue weighted by Crippen LogP contribution is -2.39. The summed E-state index contributed by atoms with van der Waals surface area (Å²) in [6.07, 6.45) is 13.4. The molecule has 4 rings (SSSR count). The lowest BCUT2D eigenvalue weighted by molar-refractivity contribution is -0.136. The largest absolute Gasteiger partial charge is 0.339 e. The smallest absolute Gasteiger partial charge is 0.225 e. The number of nitrogens with zero attached hydrogens (tertiary/aromatic N) is 4. The van der Waals surface area contributed by atoms with Crippen molar-refractivity contribution in [2.45, 2.75) is 76.3 Å². The van der Waals surface area contributed by atoms with E-state index in [9.17, 15) is 4.79 Å². The van der Waals surface area contributed by atoms with E-state index in [4.69, 9.17) is 0 Å². The van der Waals surface area contributed by atoms with E-state index in [1.54, 1.807) is 0 Å². The molecule has 3 fully saturated rings. The molecule has 0 aromatic carbocycles. The Hall–Kier alpha value is -1.39. The van der Waals surface area contributed by atoms with Crippen LogP contribution in [-0.2, 0) is 11.2 Å². The molecule has 1 aromatic rings. The van der Waals surface area contributed by atoms with Crippen LogP contribution in [0.2, 0.25) is 0 Å². The van der Waals surface area contributed by atoms with Gasteiger partial charge in [-0.2, -0.15) is 0 Å². The van der Waals surface area contributed by atoms with Crippen LogP contribution in [0.15, 0.2) is 6.33 Å². The Labute approximate surface area is 132 Å². The maximum absolute atomic E-state index is 12.7. The third-order valence-corrected chi connectivity index (χ3v) is 5.65. The normalized spacial score (nSPS) is 26.0. The summed E-state index contributed by atoms with van der Waals surface area (Å²) in [6, 6.07) is 1.07. The first kappa shape index (κ1) is 14.2. The molecule has 120 valence electrons. The Kier molecular flexibility index (Phi) is 3.89. The van der Waals surface area contributed by atoms with Gasteiger partial charge in [-0.25, -0.2) is 0 Å². The first-order valence-corrected chi connectivity index (χ1v) is 9.02. The van der Waals surface area contributed by atoms with Crippen LogP contribution in [0.4, 0.5) is 0 Å². The van der Waals surface area contributed by atoms with Crippen molar-refractivity contribution in [1.82, 2.24) is 19.7 Å². The van der Waals surface area contributed by atoms with Crippen LogP contribution in [0.25, 0.3) is 0 Å². The number of hydrogen-bond acceptors (Lipinski definition) is 3. The average Bonchev–Trinajstić information content (AvgIpc) is 3.02. The Morgan fingerprint density at radius 1 is 1.14 bits per heavy atom.